The molecule has 4 amide bonds. The van der Waals surface area contributed by atoms with Gasteiger partial charge in [0.05, 0.1) is 24.6 Å². The van der Waals surface area contributed by atoms with Gasteiger partial charge in [-0.2, -0.15) is 0 Å². The van der Waals surface area contributed by atoms with Gasteiger partial charge in [-0.1, -0.05) is 49.3 Å². The molecule has 0 spiro atoms. The highest BCUT2D eigenvalue weighted by atomic mass is 32.2. The van der Waals surface area contributed by atoms with E-state index in [-0.39, 0.29) is 19.4 Å². The van der Waals surface area contributed by atoms with Gasteiger partial charge in [0.1, 0.15) is 46.2 Å². The van der Waals surface area contributed by atoms with Crippen molar-refractivity contribution in [1.29, 1.82) is 0 Å². The fraction of sp³-hybridized carbons (Fsp3) is 0.477. The summed E-state index contributed by atoms with van der Waals surface area (Å²) in [4.78, 5) is 62.7. The lowest BCUT2D eigenvalue weighted by Gasteiger charge is -2.30. The second-order valence-corrected chi connectivity index (χ2v) is 19.2. The van der Waals surface area contributed by atoms with Gasteiger partial charge in [-0.3, -0.25) is 19.1 Å². The standard InChI is InChI=1S/C44H51N5O10S/c1-43(2,3)59-42(53)46-32-17-9-7-5-6-8-14-27-24-44(27,41(52)48-60(54,55)30-19-20-30)47-39(50)34-22-29(25-49(34)40(32)51)57-36-23-33(26-13-12-15-28(21-26)56-4)45-37-31-16-10-11-18-35(31)58-38(36)37/h8,10-16,18,21,23,27,29-30,32,34H,5-7,9,17,19-20,22,24-25H2,1-4H3,(H,46,53)(H,47,50)(H,48,52)/t27-,29-,32+,34+,44-/m1/s1. The molecule has 0 unspecified atom stereocenters. The number of hydrogen-bond donors (Lipinski definition) is 3. The molecule has 2 aliphatic carbocycles. The second-order valence-electron chi connectivity index (χ2n) is 17.2. The fourth-order valence-corrected chi connectivity index (χ4v) is 9.51. The lowest BCUT2D eigenvalue weighted by Crippen LogP contribution is -2.58. The SMILES string of the molecule is COc1cccc(-c2cc(O[C@@H]3C[C@H]4C(=O)N[C@]5(C(=O)NS(=O)(=O)C6CC6)C[C@H]5C=CCCCCC[C@H](NC(=O)OC(C)(C)C)C(=O)N4C3)c3oc4ccccc4c3n2)c1. The number of aromatic nitrogens is 1. The third-order valence-electron chi connectivity index (χ3n) is 11.5. The number of carbonyl (C=O) groups is 4. The molecule has 0 radical (unpaired) electrons. The molecule has 2 aromatic heterocycles. The van der Waals surface area contributed by atoms with Crippen LogP contribution >= 0.6 is 0 Å². The van der Waals surface area contributed by atoms with E-state index in [1.807, 2.05) is 60.7 Å². The molecule has 3 N–H and O–H groups in total. The number of furan rings is 1. The summed E-state index contributed by atoms with van der Waals surface area (Å²) in [5, 5.41) is 5.79. The number of allylic oxidation sites excluding steroid dienone is 1. The van der Waals surface area contributed by atoms with Crippen LogP contribution in [-0.4, -0.2) is 90.3 Å². The number of pyridine rings is 1. The van der Waals surface area contributed by atoms with Gasteiger partial charge in [-0.15, -0.1) is 0 Å². The van der Waals surface area contributed by atoms with Crippen LogP contribution in [-0.2, 0) is 29.1 Å². The van der Waals surface area contributed by atoms with Crippen molar-refractivity contribution < 1.29 is 46.2 Å². The Morgan fingerprint density at radius 2 is 1.82 bits per heavy atom. The molecule has 1 saturated heterocycles. The van der Waals surface area contributed by atoms with Gasteiger partial charge in [0.2, 0.25) is 21.8 Å². The number of nitrogens with zero attached hydrogens (tertiary/aromatic N) is 2. The van der Waals surface area contributed by atoms with Crippen molar-refractivity contribution in [2.75, 3.05) is 13.7 Å². The average molecular weight is 842 g/mol. The number of sulfonamides is 1. The number of nitrogens with one attached hydrogen (secondary N) is 3. The minimum atomic E-state index is -3.92. The fourth-order valence-electron chi connectivity index (χ4n) is 8.15. The topological polar surface area (TPSA) is 195 Å². The highest BCUT2D eigenvalue weighted by Gasteiger charge is 2.62. The quantitative estimate of drug-likeness (QED) is 0.179. The lowest BCUT2D eigenvalue weighted by molar-refractivity contribution is -0.141. The summed E-state index contributed by atoms with van der Waals surface area (Å²) in [5.41, 5.74) is 0.517. The van der Waals surface area contributed by atoms with Crippen LogP contribution in [0.1, 0.15) is 78.6 Å². The van der Waals surface area contributed by atoms with Gasteiger partial charge in [0, 0.05) is 29.4 Å². The van der Waals surface area contributed by atoms with Gasteiger partial charge in [-0.05, 0) is 83.6 Å². The van der Waals surface area contributed by atoms with Crippen LogP contribution in [0.25, 0.3) is 33.3 Å². The van der Waals surface area contributed by atoms with Crippen LogP contribution in [0.15, 0.2) is 71.2 Å². The predicted molar refractivity (Wildman–Crippen MR) is 222 cm³/mol. The number of ether oxygens (including phenoxy) is 3. The molecule has 2 aromatic carbocycles. The number of methoxy groups -OCH3 is 1. The maximum absolute atomic E-state index is 14.7. The number of amides is 4. The summed E-state index contributed by atoms with van der Waals surface area (Å²) in [6.45, 7) is 5.13. The molecule has 4 aliphatic rings. The summed E-state index contributed by atoms with van der Waals surface area (Å²) < 4.78 is 52.2. The number of rotatable bonds is 8. The van der Waals surface area contributed by atoms with Crippen LogP contribution in [0.2, 0.25) is 0 Å². The Kier molecular flexibility index (Phi) is 11.0. The van der Waals surface area contributed by atoms with Crippen molar-refractivity contribution in [2.45, 2.75) is 113 Å². The molecular formula is C44H51N5O10S. The van der Waals surface area contributed by atoms with E-state index < -0.39 is 74.3 Å². The van der Waals surface area contributed by atoms with Gasteiger partial charge in [0.15, 0.2) is 11.3 Å². The van der Waals surface area contributed by atoms with Gasteiger partial charge >= 0.3 is 6.09 Å². The van der Waals surface area contributed by atoms with Crippen molar-refractivity contribution >= 4 is 55.9 Å². The molecule has 8 rings (SSSR count). The molecule has 3 fully saturated rings. The molecule has 5 atom stereocenters. The van der Waals surface area contributed by atoms with E-state index in [2.05, 4.69) is 15.4 Å². The minimum absolute atomic E-state index is 0.00778. The first-order chi connectivity index (χ1) is 28.6. The van der Waals surface area contributed by atoms with E-state index in [9.17, 15) is 27.6 Å². The van der Waals surface area contributed by atoms with Crippen molar-refractivity contribution in [3.63, 3.8) is 0 Å². The van der Waals surface area contributed by atoms with Crippen molar-refractivity contribution in [3.05, 3.63) is 66.7 Å². The zero-order valence-corrected chi connectivity index (χ0v) is 35.0. The van der Waals surface area contributed by atoms with Crippen LogP contribution in [0.3, 0.4) is 0 Å². The number of hydrogen-bond acceptors (Lipinski definition) is 11. The zero-order valence-electron chi connectivity index (χ0n) is 34.2. The Morgan fingerprint density at radius 1 is 1.02 bits per heavy atom. The lowest BCUT2D eigenvalue weighted by atomic mass is 10.0. The van der Waals surface area contributed by atoms with Crippen LogP contribution in [0.4, 0.5) is 4.79 Å². The van der Waals surface area contributed by atoms with Gasteiger partial charge in [-0.25, -0.2) is 18.2 Å². The first-order valence-electron chi connectivity index (χ1n) is 20.6. The monoisotopic (exact) mass is 841 g/mol. The van der Waals surface area contributed by atoms with E-state index in [1.165, 1.54) is 4.90 Å². The molecular weight excluding hydrogens is 791 g/mol. The summed E-state index contributed by atoms with van der Waals surface area (Å²) in [6, 6.07) is 14.5. The number of alkyl carbamates (subject to hydrolysis) is 1. The molecule has 318 valence electrons. The molecule has 60 heavy (non-hydrogen) atoms. The Bertz CT molecular complexity index is 2470. The number of benzene rings is 2. The number of para-hydroxylation sites is 1. The van der Waals surface area contributed by atoms with Crippen molar-refractivity contribution in [2.24, 2.45) is 5.92 Å². The highest BCUT2D eigenvalue weighted by molar-refractivity contribution is 7.91. The largest absolute Gasteiger partial charge is 0.497 e. The summed E-state index contributed by atoms with van der Waals surface area (Å²) in [7, 11) is -2.34. The zero-order chi connectivity index (χ0) is 42.4. The normalized spacial score (nSPS) is 25.0. The Hall–Kier alpha value is -5.64. The molecule has 0 bridgehead atoms. The first-order valence-corrected chi connectivity index (χ1v) is 22.2. The molecule has 15 nitrogen and oxygen atoms in total. The third kappa shape index (κ3) is 8.65. The average Bonchev–Trinajstić information content (AvgIpc) is 4.10. The number of fused-ring (bicyclic) bond motifs is 5. The summed E-state index contributed by atoms with van der Waals surface area (Å²) >= 11 is 0. The Morgan fingerprint density at radius 3 is 2.58 bits per heavy atom. The Labute approximate surface area is 348 Å². The second kappa shape index (κ2) is 16.1. The predicted octanol–water partition coefficient (Wildman–Crippen LogP) is 5.90. The molecule has 2 aliphatic heterocycles. The molecule has 16 heteroatoms. The van der Waals surface area contributed by atoms with Crippen molar-refractivity contribution in [3.8, 4) is 22.8 Å². The van der Waals surface area contributed by atoms with Crippen LogP contribution < -0.4 is 24.8 Å². The van der Waals surface area contributed by atoms with E-state index in [0.29, 0.717) is 66.0 Å². The maximum Gasteiger partial charge on any atom is 0.408 e. The highest BCUT2D eigenvalue weighted by Crippen LogP contribution is 2.46. The third-order valence-corrected chi connectivity index (χ3v) is 13.3. The van der Waals surface area contributed by atoms with E-state index in [4.69, 9.17) is 23.6 Å². The summed E-state index contributed by atoms with van der Waals surface area (Å²) in [5.74, 6) is -1.43. The van der Waals surface area contributed by atoms with Gasteiger partial charge in [0.25, 0.3) is 5.91 Å². The Balaban J connectivity index is 1.15. The maximum atomic E-state index is 14.7. The molecule has 4 heterocycles. The van der Waals surface area contributed by atoms with Crippen molar-refractivity contribution in [1.82, 2.24) is 25.2 Å². The number of carbonyl (C=O) groups excluding carboxylic acids is 4. The molecule has 2 saturated carbocycles. The van der Waals surface area contributed by atoms with E-state index in [1.54, 1.807) is 33.9 Å². The van der Waals surface area contributed by atoms with Crippen LogP contribution in [0.5, 0.6) is 11.5 Å². The van der Waals surface area contributed by atoms with E-state index in [0.717, 1.165) is 23.8 Å². The van der Waals surface area contributed by atoms with Gasteiger partial charge < -0.3 is 34.2 Å². The van der Waals surface area contributed by atoms with E-state index >= 15 is 0 Å². The summed E-state index contributed by atoms with van der Waals surface area (Å²) in [6.07, 6.45) is 6.50. The smallest absolute Gasteiger partial charge is 0.408 e. The molecule has 4 aromatic rings. The minimum Gasteiger partial charge on any atom is -0.497 e. The first kappa shape index (κ1) is 41.1. The van der Waals surface area contributed by atoms with Crippen LogP contribution in [0, 0.1) is 5.92 Å².